The average molecular weight is 361 g/mol. The molecule has 4 rings (SSSR count). The van der Waals surface area contributed by atoms with E-state index in [0.29, 0.717) is 12.0 Å². The second-order valence-electron chi connectivity index (χ2n) is 6.14. The number of thiophene rings is 1. The van der Waals surface area contributed by atoms with Crippen molar-refractivity contribution in [1.82, 2.24) is 14.3 Å². The maximum absolute atomic E-state index is 9.68. The van der Waals surface area contributed by atoms with Gasteiger partial charge in [-0.25, -0.2) is 4.98 Å². The lowest BCUT2D eigenvalue weighted by atomic mass is 9.93. The maximum atomic E-state index is 9.68. The molecule has 126 valence electrons. The third kappa shape index (κ3) is 3.35. The number of aliphatic hydroxyl groups is 1. The Bertz CT molecular complexity index is 838. The van der Waals surface area contributed by atoms with Crippen LogP contribution in [0.5, 0.6) is 0 Å². The van der Waals surface area contributed by atoms with Gasteiger partial charge in [-0.05, 0) is 61.7 Å². The van der Waals surface area contributed by atoms with E-state index < -0.39 is 0 Å². The molecule has 0 bridgehead atoms. The minimum Gasteiger partial charge on any atom is -0.393 e. The number of fused-ring (bicyclic) bond motifs is 1. The highest BCUT2D eigenvalue weighted by atomic mass is 32.1. The third-order valence-electron chi connectivity index (χ3n) is 4.20. The number of aryl methyl sites for hydroxylation is 1. The zero-order valence-corrected chi connectivity index (χ0v) is 15.0. The second-order valence-corrected chi connectivity index (χ2v) is 7.86. The van der Waals surface area contributed by atoms with Gasteiger partial charge < -0.3 is 15.7 Å². The lowest BCUT2D eigenvalue weighted by Gasteiger charge is -2.26. The summed E-state index contributed by atoms with van der Waals surface area (Å²) in [5.74, 6) is 1.46. The molecule has 1 saturated carbocycles. The number of rotatable bonds is 4. The van der Waals surface area contributed by atoms with Crippen molar-refractivity contribution in [1.29, 1.82) is 0 Å². The van der Waals surface area contributed by atoms with Gasteiger partial charge in [0.25, 0.3) is 0 Å². The Morgan fingerprint density at radius 1 is 1.21 bits per heavy atom. The zero-order valence-electron chi connectivity index (χ0n) is 13.3. The zero-order chi connectivity index (χ0) is 16.5. The van der Waals surface area contributed by atoms with Gasteiger partial charge in [-0.2, -0.15) is 9.36 Å². The molecule has 0 radical (unpaired) electrons. The molecule has 0 aromatic carbocycles. The fraction of sp³-hybridized carbons (Fsp3) is 0.438. The number of aromatic nitrogens is 3. The Morgan fingerprint density at radius 3 is 2.79 bits per heavy atom. The van der Waals surface area contributed by atoms with Crippen molar-refractivity contribution in [3.63, 3.8) is 0 Å². The molecule has 24 heavy (non-hydrogen) atoms. The van der Waals surface area contributed by atoms with Crippen LogP contribution < -0.4 is 10.6 Å². The van der Waals surface area contributed by atoms with E-state index in [9.17, 15) is 5.11 Å². The van der Waals surface area contributed by atoms with E-state index in [2.05, 4.69) is 25.0 Å². The highest BCUT2D eigenvalue weighted by Crippen LogP contribution is 2.31. The van der Waals surface area contributed by atoms with Gasteiger partial charge in [0.05, 0.1) is 22.0 Å². The molecule has 0 saturated heterocycles. The van der Waals surface area contributed by atoms with E-state index in [0.717, 1.165) is 52.4 Å². The van der Waals surface area contributed by atoms with Crippen LogP contribution in [0.15, 0.2) is 17.5 Å². The van der Waals surface area contributed by atoms with Gasteiger partial charge >= 0.3 is 0 Å². The number of hydrogen-bond acceptors (Lipinski definition) is 8. The summed E-state index contributed by atoms with van der Waals surface area (Å²) in [7, 11) is 0. The van der Waals surface area contributed by atoms with E-state index in [4.69, 9.17) is 0 Å². The van der Waals surface area contributed by atoms with Gasteiger partial charge in [-0.1, -0.05) is 0 Å². The molecule has 1 aliphatic carbocycles. The fourth-order valence-corrected chi connectivity index (χ4v) is 4.40. The minimum atomic E-state index is -0.151. The van der Waals surface area contributed by atoms with Crippen LogP contribution in [0, 0.1) is 6.92 Å². The average Bonchev–Trinajstić information content (AvgIpc) is 3.19. The van der Waals surface area contributed by atoms with E-state index in [-0.39, 0.29) is 6.10 Å². The normalized spacial score (nSPS) is 21.1. The van der Waals surface area contributed by atoms with Crippen molar-refractivity contribution < 1.29 is 5.11 Å². The van der Waals surface area contributed by atoms with E-state index >= 15 is 0 Å². The van der Waals surface area contributed by atoms with Crippen molar-refractivity contribution in [2.75, 3.05) is 10.6 Å². The standard InChI is InChI=1S/C16H19N5OS2/c1-9-8-13(24-21-9)19-16-18-12-6-7-23-14(12)15(20-16)17-10-2-4-11(22)5-3-10/h6-8,10-11,22H,2-5H2,1H3,(H2,17,18,19,20). The molecular formula is C16H19N5OS2. The summed E-state index contributed by atoms with van der Waals surface area (Å²) >= 11 is 3.05. The number of hydrogen-bond donors (Lipinski definition) is 3. The molecule has 3 aromatic heterocycles. The Labute approximate surface area is 148 Å². The topological polar surface area (TPSA) is 83.0 Å². The van der Waals surface area contributed by atoms with Crippen molar-refractivity contribution in [2.45, 2.75) is 44.8 Å². The summed E-state index contributed by atoms with van der Waals surface area (Å²) < 4.78 is 5.35. The Morgan fingerprint density at radius 2 is 2.04 bits per heavy atom. The molecule has 3 heterocycles. The molecule has 0 amide bonds. The first-order valence-corrected chi connectivity index (χ1v) is 9.73. The van der Waals surface area contributed by atoms with Crippen LogP contribution in [-0.4, -0.2) is 31.6 Å². The number of anilines is 3. The SMILES string of the molecule is Cc1cc(Nc2nc(NC3CCC(O)CC3)c3sccc3n2)sn1. The summed E-state index contributed by atoms with van der Waals surface area (Å²) in [5, 5.41) is 19.5. The van der Waals surface area contributed by atoms with Crippen LogP contribution in [0.4, 0.5) is 16.8 Å². The van der Waals surface area contributed by atoms with Gasteiger partial charge in [-0.15, -0.1) is 11.3 Å². The number of nitrogens with one attached hydrogen (secondary N) is 2. The first-order chi connectivity index (χ1) is 11.7. The van der Waals surface area contributed by atoms with Gasteiger partial charge in [0.15, 0.2) is 0 Å². The Hall–Kier alpha value is -1.77. The Kier molecular flexibility index (Phi) is 4.34. The maximum Gasteiger partial charge on any atom is 0.230 e. The van der Waals surface area contributed by atoms with Crippen LogP contribution in [0.2, 0.25) is 0 Å². The van der Waals surface area contributed by atoms with Crippen LogP contribution in [0.1, 0.15) is 31.4 Å². The third-order valence-corrected chi connectivity index (χ3v) is 5.91. The summed E-state index contributed by atoms with van der Waals surface area (Å²) in [4.78, 5) is 9.28. The predicted molar refractivity (Wildman–Crippen MR) is 99.4 cm³/mol. The lowest BCUT2D eigenvalue weighted by Crippen LogP contribution is -2.28. The Balaban J connectivity index is 1.60. The molecule has 1 aliphatic rings. The summed E-state index contributed by atoms with van der Waals surface area (Å²) in [6.45, 7) is 1.97. The van der Waals surface area contributed by atoms with E-state index in [1.165, 1.54) is 11.5 Å². The van der Waals surface area contributed by atoms with Crippen LogP contribution in [0.3, 0.4) is 0 Å². The molecule has 0 atom stereocenters. The summed E-state index contributed by atoms with van der Waals surface area (Å²) in [5.41, 5.74) is 1.93. The van der Waals surface area contributed by atoms with Gasteiger partial charge in [0.2, 0.25) is 5.95 Å². The van der Waals surface area contributed by atoms with E-state index in [1.54, 1.807) is 11.3 Å². The van der Waals surface area contributed by atoms with Gasteiger partial charge in [0, 0.05) is 6.04 Å². The van der Waals surface area contributed by atoms with Gasteiger partial charge in [0.1, 0.15) is 10.8 Å². The molecular weight excluding hydrogens is 342 g/mol. The van der Waals surface area contributed by atoms with Crippen molar-refractivity contribution in [2.24, 2.45) is 0 Å². The smallest absolute Gasteiger partial charge is 0.230 e. The first kappa shape index (κ1) is 15.7. The molecule has 0 aliphatic heterocycles. The monoisotopic (exact) mass is 361 g/mol. The predicted octanol–water partition coefficient (Wildman–Crippen LogP) is 3.92. The second kappa shape index (κ2) is 6.62. The van der Waals surface area contributed by atoms with Crippen molar-refractivity contribution in [3.8, 4) is 0 Å². The van der Waals surface area contributed by atoms with E-state index in [1.807, 2.05) is 24.4 Å². The number of aliphatic hydroxyl groups excluding tert-OH is 1. The van der Waals surface area contributed by atoms with Crippen LogP contribution in [0.25, 0.3) is 10.2 Å². The first-order valence-electron chi connectivity index (χ1n) is 8.07. The van der Waals surface area contributed by atoms with Crippen LogP contribution in [-0.2, 0) is 0 Å². The summed E-state index contributed by atoms with van der Waals surface area (Å²) in [6, 6.07) is 4.36. The summed E-state index contributed by atoms with van der Waals surface area (Å²) in [6.07, 6.45) is 3.48. The molecule has 0 unspecified atom stereocenters. The molecule has 1 fully saturated rings. The van der Waals surface area contributed by atoms with Crippen LogP contribution >= 0.6 is 22.9 Å². The lowest BCUT2D eigenvalue weighted by molar-refractivity contribution is 0.126. The van der Waals surface area contributed by atoms with Crippen molar-refractivity contribution >= 4 is 49.9 Å². The largest absolute Gasteiger partial charge is 0.393 e. The molecule has 6 nitrogen and oxygen atoms in total. The number of nitrogens with zero attached hydrogens (tertiary/aromatic N) is 3. The van der Waals surface area contributed by atoms with Gasteiger partial charge in [-0.3, -0.25) is 0 Å². The highest BCUT2D eigenvalue weighted by molar-refractivity contribution is 7.17. The highest BCUT2D eigenvalue weighted by Gasteiger charge is 2.21. The molecule has 3 N–H and O–H groups in total. The molecule has 8 heteroatoms. The fourth-order valence-electron chi connectivity index (χ4n) is 2.96. The quantitative estimate of drug-likeness (QED) is 0.653. The molecule has 0 spiro atoms. The molecule has 3 aromatic rings. The minimum absolute atomic E-state index is 0.151. The van der Waals surface area contributed by atoms with Crippen molar-refractivity contribution in [3.05, 3.63) is 23.2 Å².